The molecule has 0 aliphatic heterocycles. The second-order valence-corrected chi connectivity index (χ2v) is 7.85. The van der Waals surface area contributed by atoms with E-state index in [1.807, 2.05) is 111 Å². The molecule has 0 aliphatic rings. The zero-order valence-electron chi connectivity index (χ0n) is 18.2. The Morgan fingerprint density at radius 1 is 0.700 bits per heavy atom. The van der Waals surface area contributed by atoms with Crippen LogP contribution >= 0.6 is 0 Å². The first kappa shape index (κ1) is 21.4. The molecule has 0 aliphatic carbocycles. The highest BCUT2D eigenvalue weighted by atomic mass is 16.3. The molecular formula is C25H29N3O2. The molecule has 3 aromatic rings. The summed E-state index contributed by atoms with van der Waals surface area (Å²) in [5.74, 6) is -0.128. The van der Waals surface area contributed by atoms with E-state index >= 15 is 0 Å². The van der Waals surface area contributed by atoms with E-state index in [2.05, 4.69) is 5.32 Å². The van der Waals surface area contributed by atoms with E-state index in [1.54, 1.807) is 0 Å². The van der Waals surface area contributed by atoms with Gasteiger partial charge >= 0.3 is 0 Å². The van der Waals surface area contributed by atoms with Gasteiger partial charge in [0.05, 0.1) is 0 Å². The van der Waals surface area contributed by atoms with Crippen LogP contribution in [0.1, 0.15) is 23.6 Å². The molecule has 0 fully saturated rings. The van der Waals surface area contributed by atoms with Crippen LogP contribution in [0.5, 0.6) is 0 Å². The van der Waals surface area contributed by atoms with E-state index in [0.717, 1.165) is 28.1 Å². The monoisotopic (exact) mass is 403 g/mol. The van der Waals surface area contributed by atoms with Crippen LogP contribution in [0.2, 0.25) is 0 Å². The van der Waals surface area contributed by atoms with Crippen LogP contribution in [0.4, 0.5) is 17.1 Å². The number of rotatable bonds is 6. The number of amides is 1. The molecule has 0 unspecified atom stereocenters. The van der Waals surface area contributed by atoms with Crippen LogP contribution in [0.15, 0.2) is 72.8 Å². The molecule has 0 aromatic heterocycles. The number of carbonyl (C=O) groups excluding carboxylic acids is 1. The maximum absolute atomic E-state index is 12.0. The topological polar surface area (TPSA) is 55.8 Å². The fourth-order valence-electron chi connectivity index (χ4n) is 3.50. The van der Waals surface area contributed by atoms with Crippen LogP contribution in [0.3, 0.4) is 0 Å². The Hall–Kier alpha value is -3.31. The summed E-state index contributed by atoms with van der Waals surface area (Å²) in [7, 11) is 7.95. The smallest absolute Gasteiger partial charge is 0.221 e. The molecule has 5 heteroatoms. The molecule has 5 nitrogen and oxygen atoms in total. The number of benzene rings is 3. The average molecular weight is 404 g/mol. The van der Waals surface area contributed by atoms with Crippen LogP contribution in [-0.4, -0.2) is 39.2 Å². The summed E-state index contributed by atoms with van der Waals surface area (Å²) in [6.07, 6.45) is 0. The van der Waals surface area contributed by atoms with Crippen molar-refractivity contribution in [2.24, 2.45) is 0 Å². The van der Waals surface area contributed by atoms with Crippen LogP contribution in [0.25, 0.3) is 0 Å². The number of nitrogens with zero attached hydrogens (tertiary/aromatic N) is 2. The molecule has 1 amide bonds. The second-order valence-electron chi connectivity index (χ2n) is 7.85. The third kappa shape index (κ3) is 4.31. The fraction of sp³-hybridized carbons (Fsp3) is 0.240. The van der Waals surface area contributed by atoms with Gasteiger partial charge in [-0.3, -0.25) is 4.79 Å². The van der Waals surface area contributed by atoms with Gasteiger partial charge in [-0.15, -0.1) is 0 Å². The lowest BCUT2D eigenvalue weighted by molar-refractivity contribution is -0.114. The zero-order valence-corrected chi connectivity index (χ0v) is 18.2. The number of hydrogen-bond donors (Lipinski definition) is 2. The van der Waals surface area contributed by atoms with Crippen molar-refractivity contribution >= 4 is 23.0 Å². The van der Waals surface area contributed by atoms with E-state index in [1.165, 1.54) is 6.92 Å². The van der Waals surface area contributed by atoms with Gasteiger partial charge in [-0.1, -0.05) is 36.4 Å². The van der Waals surface area contributed by atoms with Gasteiger partial charge in [-0.2, -0.15) is 0 Å². The van der Waals surface area contributed by atoms with E-state index < -0.39 is 5.60 Å². The average Bonchev–Trinajstić information content (AvgIpc) is 2.73. The molecule has 30 heavy (non-hydrogen) atoms. The molecule has 0 atom stereocenters. The maximum atomic E-state index is 12.0. The summed E-state index contributed by atoms with van der Waals surface area (Å²) in [4.78, 5) is 15.4. The van der Waals surface area contributed by atoms with Gasteiger partial charge in [-0.25, -0.2) is 0 Å². The molecule has 3 rings (SSSR count). The summed E-state index contributed by atoms with van der Waals surface area (Å²) in [6, 6.07) is 23.1. The minimum atomic E-state index is -1.33. The molecule has 0 heterocycles. The van der Waals surface area contributed by atoms with E-state index in [0.29, 0.717) is 5.69 Å². The number of nitrogens with one attached hydrogen (secondary N) is 1. The Morgan fingerprint density at radius 3 is 1.33 bits per heavy atom. The summed E-state index contributed by atoms with van der Waals surface area (Å²) >= 11 is 0. The van der Waals surface area contributed by atoms with Crippen LogP contribution in [0, 0.1) is 0 Å². The Morgan fingerprint density at radius 2 is 1.03 bits per heavy atom. The van der Waals surface area contributed by atoms with Gasteiger partial charge < -0.3 is 20.2 Å². The summed E-state index contributed by atoms with van der Waals surface area (Å²) in [5, 5.41) is 14.8. The Balaban J connectivity index is 2.11. The molecule has 3 aromatic carbocycles. The van der Waals surface area contributed by atoms with Crippen molar-refractivity contribution in [3.8, 4) is 0 Å². The molecule has 0 saturated carbocycles. The second kappa shape index (κ2) is 8.59. The molecule has 0 spiro atoms. The number of anilines is 3. The van der Waals surface area contributed by atoms with Gasteiger partial charge in [0.25, 0.3) is 0 Å². The lowest BCUT2D eigenvalue weighted by atomic mass is 9.80. The number of carbonyl (C=O) groups is 1. The predicted octanol–water partition coefficient (Wildman–Crippen LogP) is 4.06. The first-order valence-electron chi connectivity index (χ1n) is 9.88. The third-order valence-electron chi connectivity index (χ3n) is 5.23. The van der Waals surface area contributed by atoms with Crippen LogP contribution in [-0.2, 0) is 10.4 Å². The summed E-state index contributed by atoms with van der Waals surface area (Å²) in [5.41, 5.74) is 3.77. The lowest BCUT2D eigenvalue weighted by Crippen LogP contribution is -2.29. The highest BCUT2D eigenvalue weighted by Gasteiger charge is 2.34. The Bertz CT molecular complexity index is 941. The van der Waals surface area contributed by atoms with Crippen molar-refractivity contribution in [1.29, 1.82) is 0 Å². The number of hydrogen-bond acceptors (Lipinski definition) is 4. The van der Waals surface area contributed by atoms with Gasteiger partial charge in [0.2, 0.25) is 5.91 Å². The maximum Gasteiger partial charge on any atom is 0.221 e. The number of aliphatic hydroxyl groups is 1. The quantitative estimate of drug-likeness (QED) is 0.610. The van der Waals surface area contributed by atoms with E-state index in [4.69, 9.17) is 0 Å². The summed E-state index contributed by atoms with van der Waals surface area (Å²) in [6.45, 7) is 1.48. The van der Waals surface area contributed by atoms with Crippen molar-refractivity contribution in [1.82, 2.24) is 0 Å². The van der Waals surface area contributed by atoms with Crippen molar-refractivity contribution in [2.75, 3.05) is 43.3 Å². The van der Waals surface area contributed by atoms with Crippen molar-refractivity contribution in [3.63, 3.8) is 0 Å². The van der Waals surface area contributed by atoms with Crippen molar-refractivity contribution in [2.45, 2.75) is 12.5 Å². The SMILES string of the molecule is CC(=O)Nc1ccc(C(O)(c2ccc(N(C)C)cc2)c2ccc(N(C)C)cc2)cc1. The predicted molar refractivity (Wildman–Crippen MR) is 124 cm³/mol. The van der Waals surface area contributed by atoms with Gasteiger partial charge in [0, 0.05) is 52.2 Å². The Kier molecular flexibility index (Phi) is 6.13. The lowest BCUT2D eigenvalue weighted by Gasteiger charge is -2.31. The summed E-state index contributed by atoms with van der Waals surface area (Å²) < 4.78 is 0. The third-order valence-corrected chi connectivity index (χ3v) is 5.23. The highest BCUT2D eigenvalue weighted by molar-refractivity contribution is 5.88. The molecule has 2 N–H and O–H groups in total. The normalized spacial score (nSPS) is 11.1. The highest BCUT2D eigenvalue weighted by Crippen LogP contribution is 2.38. The molecule has 0 saturated heterocycles. The largest absolute Gasteiger partial charge is 0.378 e. The zero-order chi connectivity index (χ0) is 21.9. The van der Waals surface area contributed by atoms with E-state index in [9.17, 15) is 9.90 Å². The molecule has 156 valence electrons. The minimum Gasteiger partial charge on any atom is -0.378 e. The van der Waals surface area contributed by atoms with E-state index in [-0.39, 0.29) is 5.91 Å². The van der Waals surface area contributed by atoms with Crippen molar-refractivity contribution < 1.29 is 9.90 Å². The first-order valence-corrected chi connectivity index (χ1v) is 9.88. The minimum absolute atomic E-state index is 0.128. The fourth-order valence-corrected chi connectivity index (χ4v) is 3.50. The van der Waals surface area contributed by atoms with Crippen LogP contribution < -0.4 is 15.1 Å². The van der Waals surface area contributed by atoms with Crippen molar-refractivity contribution in [3.05, 3.63) is 89.5 Å². The Labute approximate surface area is 178 Å². The van der Waals surface area contributed by atoms with Gasteiger partial charge in [0.1, 0.15) is 5.60 Å². The standard InChI is InChI=1S/C25H29N3O2/c1-18(29)26-22-12-6-19(7-13-22)25(30,20-8-14-23(15-9-20)27(2)3)21-10-16-24(17-11-21)28(4)5/h6-17,30H,1-5H3,(H,26,29). The first-order chi connectivity index (χ1) is 14.2. The molecule has 0 radical (unpaired) electrons. The molecule has 0 bridgehead atoms. The van der Waals surface area contributed by atoms with Gasteiger partial charge in [-0.05, 0) is 53.1 Å². The molecular weight excluding hydrogens is 374 g/mol. The van der Waals surface area contributed by atoms with Gasteiger partial charge in [0.15, 0.2) is 0 Å².